The van der Waals surface area contributed by atoms with Crippen molar-refractivity contribution >= 4 is 16.9 Å². The van der Waals surface area contributed by atoms with Crippen molar-refractivity contribution in [2.75, 3.05) is 6.61 Å². The molecule has 5 aromatic rings. The fraction of sp³-hybridized carbons (Fsp3) is 0.194. The summed E-state index contributed by atoms with van der Waals surface area (Å²) >= 11 is 0. The summed E-state index contributed by atoms with van der Waals surface area (Å²) in [5.41, 5.74) is -2.51. The van der Waals surface area contributed by atoms with E-state index in [1.165, 1.54) is 24.4 Å². The third-order valence-corrected chi connectivity index (χ3v) is 6.64. The number of halogens is 4. The maximum Gasteiger partial charge on any atom is 0.306 e. The number of rotatable bonds is 9. The number of imidazole rings is 1. The van der Waals surface area contributed by atoms with E-state index in [4.69, 9.17) is 13.6 Å². The maximum absolute atomic E-state index is 15.0. The summed E-state index contributed by atoms with van der Waals surface area (Å²) in [5.74, 6) is -7.01. The number of nitrogens with zero attached hydrogens (tertiary/aromatic N) is 2. The van der Waals surface area contributed by atoms with Gasteiger partial charge in [-0.25, -0.2) is 18.2 Å². The summed E-state index contributed by atoms with van der Waals surface area (Å²) in [6.07, 6.45) is 2.57. The smallest absolute Gasteiger partial charge is 0.306 e. The largest absolute Gasteiger partial charge is 0.466 e. The molecular weight excluding hydrogens is 552 g/mol. The number of benzene rings is 3. The molecule has 0 fully saturated rings. The van der Waals surface area contributed by atoms with Crippen LogP contribution >= 0.6 is 0 Å². The Morgan fingerprint density at radius 2 is 1.95 bits per heavy atom. The Labute approximate surface area is 242 Å². The molecule has 1 atom stereocenters. The molecule has 0 aliphatic carbocycles. The Hall–Kier alpha value is -5.11. The third kappa shape index (κ3) is 5.19. The second-order valence-corrected chi connectivity index (χ2v) is 9.29. The van der Waals surface area contributed by atoms with E-state index in [0.29, 0.717) is 5.56 Å². The number of H-pyrrole nitrogens is 2. The predicted molar refractivity (Wildman–Crippen MR) is 146 cm³/mol. The van der Waals surface area contributed by atoms with Crippen LogP contribution in [0.4, 0.5) is 17.6 Å². The van der Waals surface area contributed by atoms with E-state index in [1.54, 1.807) is 19.1 Å². The average molecular weight is 580 g/mol. The minimum atomic E-state index is -2.95. The van der Waals surface area contributed by atoms with E-state index in [2.05, 4.69) is 15.0 Å². The molecule has 0 saturated carbocycles. The molecule has 0 aliphatic rings. The first kappa shape index (κ1) is 24.7. The van der Waals surface area contributed by atoms with E-state index in [1.807, 2.05) is 6.07 Å². The van der Waals surface area contributed by atoms with Crippen molar-refractivity contribution in [3.05, 3.63) is 101 Å². The predicted octanol–water partition coefficient (Wildman–Crippen LogP) is 7.23. The van der Waals surface area contributed by atoms with E-state index in [0.717, 1.165) is 24.4 Å². The highest BCUT2D eigenvalue weighted by molar-refractivity contribution is 5.82. The van der Waals surface area contributed by atoms with Crippen molar-refractivity contribution < 1.29 is 35.9 Å². The van der Waals surface area contributed by atoms with Crippen molar-refractivity contribution in [2.24, 2.45) is 0 Å². The second-order valence-electron chi connectivity index (χ2n) is 9.29. The zero-order chi connectivity index (χ0) is 32.5. The number of ether oxygens (including phenoxy) is 2. The average Bonchev–Trinajstić information content (AvgIpc) is 3.70. The molecule has 2 heterocycles. The SMILES string of the molecule is [2H]C([2H])([2H])C(C#N)(c1cccc(CCC(=O)OCC)c1)c1cnc(-c2cc(Oc3c(F)c(F)c4[nH]ccc4c3F)ccc2F)[nH]1. The molecular formula is C31H24F4N4O3. The van der Waals surface area contributed by atoms with Gasteiger partial charge >= 0.3 is 5.97 Å². The minimum Gasteiger partial charge on any atom is -0.466 e. The van der Waals surface area contributed by atoms with Crippen molar-refractivity contribution in [1.29, 1.82) is 5.26 Å². The molecule has 214 valence electrons. The fourth-order valence-electron chi connectivity index (χ4n) is 4.49. The van der Waals surface area contributed by atoms with Crippen LogP contribution in [0, 0.1) is 34.6 Å². The summed E-state index contributed by atoms with van der Waals surface area (Å²) in [5, 5.41) is 10.1. The number of hydrogen-bond donors (Lipinski definition) is 2. The minimum absolute atomic E-state index is 0.0377. The van der Waals surface area contributed by atoms with Crippen LogP contribution in [0.2, 0.25) is 0 Å². The van der Waals surface area contributed by atoms with Crippen LogP contribution in [0.1, 0.15) is 41.1 Å². The van der Waals surface area contributed by atoms with Gasteiger partial charge in [-0.2, -0.15) is 9.65 Å². The van der Waals surface area contributed by atoms with Gasteiger partial charge in [-0.3, -0.25) is 4.79 Å². The molecule has 0 saturated heterocycles. The molecule has 7 nitrogen and oxygen atoms in total. The third-order valence-electron chi connectivity index (χ3n) is 6.64. The van der Waals surface area contributed by atoms with Gasteiger partial charge in [0.1, 0.15) is 22.8 Å². The van der Waals surface area contributed by atoms with Crippen molar-refractivity contribution in [2.45, 2.75) is 32.0 Å². The molecule has 42 heavy (non-hydrogen) atoms. The number of aromatic nitrogens is 3. The lowest BCUT2D eigenvalue weighted by Gasteiger charge is -2.21. The molecule has 2 aromatic heterocycles. The summed E-state index contributed by atoms with van der Waals surface area (Å²) in [6.45, 7) is -1.07. The van der Waals surface area contributed by atoms with Crippen LogP contribution in [0.15, 0.2) is 60.9 Å². The molecule has 11 heteroatoms. The maximum atomic E-state index is 15.0. The fourth-order valence-corrected chi connectivity index (χ4v) is 4.49. The van der Waals surface area contributed by atoms with Gasteiger partial charge in [0.05, 0.1) is 35.6 Å². The second kappa shape index (κ2) is 11.4. The Balaban J connectivity index is 1.52. The standard InChI is InChI=1S/C31H24F4N4O3/c1-3-41-24(40)10-7-17-5-4-6-18(13-17)31(2,16-36)23-15-38-30(39-23)21-14-19(8-9-22(21)32)42-29-25(33)20-11-12-37-28(20)26(34)27(29)35/h4-6,8-9,11-15,37H,3,7,10H2,1-2H3,(H,38,39)/i2D3. The highest BCUT2D eigenvalue weighted by Gasteiger charge is 2.32. The summed E-state index contributed by atoms with van der Waals surface area (Å²) in [6, 6.07) is 12.3. The quantitative estimate of drug-likeness (QED) is 0.109. The number of nitrogens with one attached hydrogen (secondary N) is 2. The molecule has 0 spiro atoms. The normalized spacial score (nSPS) is 14.0. The van der Waals surface area contributed by atoms with Gasteiger partial charge in [0.15, 0.2) is 11.6 Å². The Morgan fingerprint density at radius 1 is 1.12 bits per heavy atom. The van der Waals surface area contributed by atoms with Gasteiger partial charge in [-0.05, 0) is 55.6 Å². The first-order valence-corrected chi connectivity index (χ1v) is 12.7. The van der Waals surface area contributed by atoms with E-state index >= 15 is 4.39 Å². The van der Waals surface area contributed by atoms with Crippen LogP contribution in [0.5, 0.6) is 11.5 Å². The van der Waals surface area contributed by atoms with E-state index in [9.17, 15) is 23.2 Å². The molecule has 0 amide bonds. The highest BCUT2D eigenvalue weighted by Crippen LogP contribution is 2.37. The number of fused-ring (bicyclic) bond motifs is 1. The van der Waals surface area contributed by atoms with Crippen LogP contribution in [0.3, 0.4) is 0 Å². The number of carbonyl (C=O) groups is 1. The van der Waals surface area contributed by atoms with E-state index in [-0.39, 0.29) is 58.7 Å². The van der Waals surface area contributed by atoms with Gasteiger partial charge in [0.25, 0.3) is 0 Å². The number of aryl methyl sites for hydroxylation is 1. The zero-order valence-electron chi connectivity index (χ0n) is 25.0. The Bertz CT molecular complexity index is 1950. The molecule has 3 aromatic carbocycles. The molecule has 2 N–H and O–H groups in total. The van der Waals surface area contributed by atoms with Crippen LogP contribution in [-0.2, 0) is 21.4 Å². The first-order chi connectivity index (χ1) is 21.4. The van der Waals surface area contributed by atoms with Crippen molar-refractivity contribution in [3.8, 4) is 29.0 Å². The molecule has 5 rings (SSSR count). The first-order valence-electron chi connectivity index (χ1n) is 14.2. The number of carbonyl (C=O) groups excluding carboxylic acids is 1. The summed E-state index contributed by atoms with van der Waals surface area (Å²) in [4.78, 5) is 21.1. The molecule has 1 unspecified atom stereocenters. The van der Waals surface area contributed by atoms with Crippen LogP contribution in [0.25, 0.3) is 22.3 Å². The van der Waals surface area contributed by atoms with Gasteiger partial charge in [0, 0.05) is 22.1 Å². The van der Waals surface area contributed by atoms with Crippen LogP contribution < -0.4 is 4.74 Å². The number of aromatic amines is 2. The lowest BCUT2D eigenvalue weighted by Crippen LogP contribution is -2.22. The number of esters is 1. The molecule has 0 aliphatic heterocycles. The van der Waals surface area contributed by atoms with Crippen molar-refractivity contribution in [3.63, 3.8) is 0 Å². The topological polar surface area (TPSA) is 104 Å². The Kier molecular flexibility index (Phi) is 6.70. The highest BCUT2D eigenvalue weighted by atomic mass is 19.2. The van der Waals surface area contributed by atoms with Gasteiger partial charge in [0.2, 0.25) is 11.6 Å². The number of hydrogen-bond acceptors (Lipinski definition) is 5. The lowest BCUT2D eigenvalue weighted by atomic mass is 9.80. The monoisotopic (exact) mass is 579 g/mol. The summed E-state index contributed by atoms with van der Waals surface area (Å²) in [7, 11) is 0. The molecule has 0 bridgehead atoms. The van der Waals surface area contributed by atoms with E-state index < -0.39 is 47.3 Å². The molecule has 0 radical (unpaired) electrons. The van der Waals surface area contributed by atoms with Gasteiger partial charge in [-0.15, -0.1) is 0 Å². The zero-order valence-corrected chi connectivity index (χ0v) is 22.0. The van der Waals surface area contributed by atoms with Crippen LogP contribution in [-0.4, -0.2) is 27.5 Å². The van der Waals surface area contributed by atoms with Gasteiger partial charge < -0.3 is 19.4 Å². The van der Waals surface area contributed by atoms with Crippen molar-refractivity contribution in [1.82, 2.24) is 15.0 Å². The van der Waals surface area contributed by atoms with Gasteiger partial charge in [-0.1, -0.05) is 24.3 Å². The lowest BCUT2D eigenvalue weighted by molar-refractivity contribution is -0.143. The summed E-state index contributed by atoms with van der Waals surface area (Å²) < 4.78 is 94.4. The number of nitriles is 1. The Morgan fingerprint density at radius 3 is 2.71 bits per heavy atom.